The molecule has 0 radical (unpaired) electrons. The molecule has 5 nitrogen and oxygen atoms in total. The van der Waals surface area contributed by atoms with Gasteiger partial charge in [-0.2, -0.15) is 0 Å². The second-order valence-electron chi connectivity index (χ2n) is 14.0. The molecule has 4 aliphatic rings. The molecule has 0 aliphatic heterocycles. The molecule has 8 atom stereocenters. The topological polar surface area (TPSA) is 80.7 Å². The number of carboxylic acids is 1. The Morgan fingerprint density at radius 2 is 1.81 bits per heavy atom. The normalized spacial score (nSPS) is 41.7. The molecule has 5 heteroatoms. The molecule has 0 amide bonds. The van der Waals surface area contributed by atoms with E-state index in [1.165, 1.54) is 12.5 Å². The highest BCUT2D eigenvalue weighted by atomic mass is 16.5. The highest BCUT2D eigenvalue weighted by Crippen LogP contribution is 2.72. The number of aliphatic carboxylic acids is 1. The van der Waals surface area contributed by atoms with Gasteiger partial charge in [0.15, 0.2) is 0 Å². The molecule has 0 aromatic rings. The molecule has 4 rings (SSSR count). The molecule has 0 bridgehead atoms. The van der Waals surface area contributed by atoms with E-state index in [1.807, 2.05) is 6.08 Å². The van der Waals surface area contributed by atoms with Crippen LogP contribution in [0.4, 0.5) is 0 Å². The van der Waals surface area contributed by atoms with Crippen molar-refractivity contribution < 1.29 is 24.2 Å². The minimum Gasteiger partial charge on any atom is -0.478 e. The first-order valence-corrected chi connectivity index (χ1v) is 14.4. The summed E-state index contributed by atoms with van der Waals surface area (Å²) in [5.41, 5.74) is 1.28. The fourth-order valence-corrected chi connectivity index (χ4v) is 9.62. The van der Waals surface area contributed by atoms with Gasteiger partial charge in [0, 0.05) is 35.2 Å². The number of carboxylic acid groups (broad SMARTS) is 1. The molecule has 206 valence electrons. The molecule has 1 N–H and O–H groups in total. The van der Waals surface area contributed by atoms with E-state index in [0.29, 0.717) is 35.5 Å². The smallest absolute Gasteiger partial charge is 0.330 e. The second kappa shape index (κ2) is 9.38. The van der Waals surface area contributed by atoms with Gasteiger partial charge in [-0.3, -0.25) is 9.59 Å². The maximum atomic E-state index is 14.2. The highest BCUT2D eigenvalue weighted by Gasteiger charge is 2.68. The Bertz CT molecular complexity index is 1040. The van der Waals surface area contributed by atoms with Crippen LogP contribution < -0.4 is 0 Å². The Morgan fingerprint density at radius 3 is 2.43 bits per heavy atom. The summed E-state index contributed by atoms with van der Waals surface area (Å²) in [6, 6.07) is 0. The first-order valence-electron chi connectivity index (χ1n) is 14.4. The van der Waals surface area contributed by atoms with E-state index in [0.717, 1.165) is 44.9 Å². The van der Waals surface area contributed by atoms with Crippen LogP contribution in [-0.4, -0.2) is 28.9 Å². The zero-order chi connectivity index (χ0) is 27.6. The molecule has 0 aromatic heterocycles. The van der Waals surface area contributed by atoms with Crippen LogP contribution in [0.15, 0.2) is 23.3 Å². The van der Waals surface area contributed by atoms with Gasteiger partial charge in [-0.05, 0) is 81.0 Å². The average molecular weight is 513 g/mol. The third-order valence-electron chi connectivity index (χ3n) is 12.1. The van der Waals surface area contributed by atoms with Crippen molar-refractivity contribution in [3.8, 4) is 0 Å². The summed E-state index contributed by atoms with van der Waals surface area (Å²) < 4.78 is 5.80. The monoisotopic (exact) mass is 512 g/mol. The first-order chi connectivity index (χ1) is 17.1. The summed E-state index contributed by atoms with van der Waals surface area (Å²) in [6.07, 6.45) is 11.4. The third kappa shape index (κ3) is 4.14. The number of hydrogen-bond donors (Lipinski definition) is 1. The Balaban J connectivity index is 1.63. The minimum absolute atomic E-state index is 0.0209. The number of fused-ring (bicyclic) bond motifs is 5. The molecular weight excluding hydrogens is 464 g/mol. The van der Waals surface area contributed by atoms with Crippen molar-refractivity contribution in [1.29, 1.82) is 0 Å². The quantitative estimate of drug-likeness (QED) is 0.232. The van der Waals surface area contributed by atoms with Gasteiger partial charge in [0.25, 0.3) is 0 Å². The SMILES string of the molecule is CC(=O)O[C@@H]1CC[C@]2(C)[C@@H]3CC(=O)[C@]4(C)[C@@H]([C@H](C)CC/C=C(/C)C(=O)O)CC[C@@]4(C)C3=CC[C@H]2C1(C)C. The lowest BCUT2D eigenvalue weighted by molar-refractivity contribution is -0.175. The molecular formula is C32H48O5. The number of hydrogen-bond acceptors (Lipinski definition) is 4. The van der Waals surface area contributed by atoms with Crippen LogP contribution in [0, 0.1) is 45.3 Å². The number of carbonyl (C=O) groups is 3. The van der Waals surface area contributed by atoms with Crippen LogP contribution in [0.3, 0.4) is 0 Å². The van der Waals surface area contributed by atoms with E-state index in [4.69, 9.17) is 4.74 Å². The number of allylic oxidation sites excluding steroid dienone is 3. The van der Waals surface area contributed by atoms with Crippen LogP contribution in [0.25, 0.3) is 0 Å². The zero-order valence-corrected chi connectivity index (χ0v) is 24.3. The van der Waals surface area contributed by atoms with Crippen molar-refractivity contribution in [3.05, 3.63) is 23.3 Å². The molecule has 37 heavy (non-hydrogen) atoms. The summed E-state index contributed by atoms with van der Waals surface area (Å²) in [5.74, 6) is 0.651. The zero-order valence-electron chi connectivity index (χ0n) is 24.3. The van der Waals surface area contributed by atoms with Gasteiger partial charge >= 0.3 is 11.9 Å². The van der Waals surface area contributed by atoms with Gasteiger partial charge in [-0.25, -0.2) is 4.79 Å². The van der Waals surface area contributed by atoms with Crippen molar-refractivity contribution >= 4 is 17.7 Å². The Hall–Kier alpha value is -1.91. The van der Waals surface area contributed by atoms with Gasteiger partial charge in [0.2, 0.25) is 0 Å². The summed E-state index contributed by atoms with van der Waals surface area (Å²) in [6.45, 7) is 16.9. The standard InChI is InChI=1S/C32H48O5/c1-19(10-9-11-20(2)28(35)36)22-14-17-31(7)23-12-13-25-29(4,5)27(37-21(3)33)15-16-30(25,6)24(23)18-26(34)32(22,31)8/h11-12,19,22,24-25,27H,9-10,13-18H2,1-8H3,(H,35,36)/b20-11-/t19-,22-,24-,25+,27-,30-,31+,32+/m1/s1. The van der Waals surface area contributed by atoms with Gasteiger partial charge < -0.3 is 9.84 Å². The number of ether oxygens (including phenoxy) is 1. The molecule has 0 saturated heterocycles. The van der Waals surface area contributed by atoms with Crippen LogP contribution in [0.5, 0.6) is 0 Å². The van der Waals surface area contributed by atoms with Crippen molar-refractivity contribution in [2.24, 2.45) is 45.3 Å². The predicted molar refractivity (Wildman–Crippen MR) is 145 cm³/mol. The van der Waals surface area contributed by atoms with E-state index in [9.17, 15) is 19.5 Å². The molecule has 0 spiro atoms. The van der Waals surface area contributed by atoms with Crippen molar-refractivity contribution in [3.63, 3.8) is 0 Å². The molecule has 4 aliphatic carbocycles. The van der Waals surface area contributed by atoms with Crippen molar-refractivity contribution in [2.75, 3.05) is 0 Å². The first kappa shape index (κ1) is 28.1. The molecule has 3 fully saturated rings. The average Bonchev–Trinajstić information content (AvgIpc) is 3.09. The van der Waals surface area contributed by atoms with Gasteiger partial charge in [0.1, 0.15) is 11.9 Å². The number of esters is 1. The van der Waals surface area contributed by atoms with Gasteiger partial charge in [0.05, 0.1) is 0 Å². The summed E-state index contributed by atoms with van der Waals surface area (Å²) in [7, 11) is 0. The summed E-state index contributed by atoms with van der Waals surface area (Å²) in [4.78, 5) is 37.2. The maximum Gasteiger partial charge on any atom is 0.330 e. The fourth-order valence-electron chi connectivity index (χ4n) is 9.62. The van der Waals surface area contributed by atoms with Crippen LogP contribution >= 0.6 is 0 Å². The third-order valence-corrected chi connectivity index (χ3v) is 12.1. The molecule has 0 heterocycles. The van der Waals surface area contributed by atoms with Gasteiger partial charge in [-0.1, -0.05) is 59.3 Å². The number of ketones is 1. The molecule has 0 unspecified atom stereocenters. The summed E-state index contributed by atoms with van der Waals surface area (Å²) >= 11 is 0. The maximum absolute atomic E-state index is 14.2. The van der Waals surface area contributed by atoms with Crippen molar-refractivity contribution in [2.45, 2.75) is 113 Å². The molecule has 3 saturated carbocycles. The number of rotatable bonds is 6. The van der Waals surface area contributed by atoms with Crippen LogP contribution in [0.1, 0.15) is 107 Å². The lowest BCUT2D eigenvalue weighted by Crippen LogP contribution is -2.60. The van der Waals surface area contributed by atoms with E-state index in [-0.39, 0.29) is 39.7 Å². The number of carbonyl (C=O) groups excluding carboxylic acids is 2. The van der Waals surface area contributed by atoms with E-state index in [1.54, 1.807) is 6.92 Å². The summed E-state index contributed by atoms with van der Waals surface area (Å²) in [5, 5.41) is 9.18. The van der Waals surface area contributed by atoms with Gasteiger partial charge in [-0.15, -0.1) is 0 Å². The minimum atomic E-state index is -0.859. The fraction of sp³-hybridized carbons (Fsp3) is 0.781. The number of Topliss-reactive ketones (excluding diaryl/α,β-unsaturated/α-hetero) is 1. The second-order valence-corrected chi connectivity index (χ2v) is 14.0. The van der Waals surface area contributed by atoms with Crippen LogP contribution in [0.2, 0.25) is 0 Å². The van der Waals surface area contributed by atoms with E-state index < -0.39 is 5.97 Å². The highest BCUT2D eigenvalue weighted by molar-refractivity contribution is 5.89. The predicted octanol–water partition coefficient (Wildman–Crippen LogP) is 7.15. The largest absolute Gasteiger partial charge is 0.478 e. The molecule has 0 aromatic carbocycles. The Kier molecular flexibility index (Phi) is 7.12. The van der Waals surface area contributed by atoms with Crippen molar-refractivity contribution in [1.82, 2.24) is 0 Å². The Labute approximate surface area is 223 Å². The van der Waals surface area contributed by atoms with Crippen LogP contribution in [-0.2, 0) is 19.1 Å². The van der Waals surface area contributed by atoms with E-state index in [2.05, 4.69) is 47.6 Å². The lowest BCUT2D eigenvalue weighted by Gasteiger charge is -2.63. The lowest BCUT2D eigenvalue weighted by atomic mass is 9.40. The van der Waals surface area contributed by atoms with E-state index >= 15 is 0 Å². The Morgan fingerprint density at radius 1 is 1.14 bits per heavy atom.